The number of nitrogens with one attached hydrogen (secondary N) is 2. The Morgan fingerprint density at radius 1 is 1.31 bits per heavy atom. The van der Waals surface area contributed by atoms with Gasteiger partial charge in [0.05, 0.1) is 25.7 Å². The zero-order chi connectivity index (χ0) is 18.7. The number of carbonyl (C=O) groups is 1. The van der Waals surface area contributed by atoms with Crippen LogP contribution in [0.15, 0.2) is 18.2 Å². The lowest BCUT2D eigenvalue weighted by atomic mass is 9.95. The van der Waals surface area contributed by atoms with Crippen LogP contribution in [-0.2, 0) is 11.2 Å². The molecule has 0 fully saturated rings. The van der Waals surface area contributed by atoms with Crippen LogP contribution in [0.4, 0.5) is 0 Å². The monoisotopic (exact) mass is 392 g/mol. The van der Waals surface area contributed by atoms with E-state index in [4.69, 9.17) is 21.7 Å². The summed E-state index contributed by atoms with van der Waals surface area (Å²) in [5.41, 5.74) is 1.99. The number of hydrogen-bond donors (Lipinski definition) is 2. The lowest BCUT2D eigenvalue weighted by Gasteiger charge is -2.24. The van der Waals surface area contributed by atoms with Crippen molar-refractivity contribution < 1.29 is 14.3 Å². The molecule has 2 aromatic rings. The molecule has 0 bridgehead atoms. The van der Waals surface area contributed by atoms with E-state index in [1.807, 2.05) is 25.1 Å². The van der Waals surface area contributed by atoms with Crippen molar-refractivity contribution in [1.82, 2.24) is 10.3 Å². The van der Waals surface area contributed by atoms with Crippen LogP contribution in [-0.4, -0.2) is 24.1 Å². The highest BCUT2D eigenvalue weighted by Gasteiger charge is 2.21. The predicted molar refractivity (Wildman–Crippen MR) is 106 cm³/mol. The number of benzene rings is 1. The van der Waals surface area contributed by atoms with E-state index in [-0.39, 0.29) is 17.9 Å². The molecule has 0 saturated heterocycles. The van der Waals surface area contributed by atoms with Crippen molar-refractivity contribution in [3.8, 4) is 11.5 Å². The molecule has 2 N–H and O–H groups in total. The van der Waals surface area contributed by atoms with Crippen molar-refractivity contribution in [3.63, 3.8) is 0 Å². The molecule has 0 saturated carbocycles. The molecule has 1 unspecified atom stereocenters. The van der Waals surface area contributed by atoms with Crippen LogP contribution in [0.2, 0.25) is 0 Å². The average Bonchev–Trinajstić information content (AvgIpc) is 2.78. The van der Waals surface area contributed by atoms with Gasteiger partial charge in [0.15, 0.2) is 15.5 Å². The topological polar surface area (TPSA) is 63.4 Å². The van der Waals surface area contributed by atoms with Gasteiger partial charge in [0.2, 0.25) is 5.91 Å². The summed E-state index contributed by atoms with van der Waals surface area (Å²) in [7, 11) is 0. The van der Waals surface area contributed by atoms with Gasteiger partial charge in [0, 0.05) is 17.0 Å². The van der Waals surface area contributed by atoms with Gasteiger partial charge in [-0.15, -0.1) is 11.3 Å². The lowest BCUT2D eigenvalue weighted by Crippen LogP contribution is -2.32. The molecule has 7 heteroatoms. The summed E-state index contributed by atoms with van der Waals surface area (Å²) in [6.07, 6.45) is 1.20. The summed E-state index contributed by atoms with van der Waals surface area (Å²) >= 11 is 6.61. The van der Waals surface area contributed by atoms with Crippen molar-refractivity contribution in [2.75, 3.05) is 13.2 Å². The van der Waals surface area contributed by atoms with E-state index in [1.165, 1.54) is 11.3 Å². The first-order valence-corrected chi connectivity index (χ1v) is 10.0. The Labute approximate surface area is 162 Å². The number of H-pyrrole nitrogens is 1. The normalized spacial score (nSPS) is 14.8. The number of hydrogen-bond acceptors (Lipinski definition) is 5. The maximum absolute atomic E-state index is 12.6. The average molecular weight is 393 g/mol. The van der Waals surface area contributed by atoms with Crippen molar-refractivity contribution in [3.05, 3.63) is 38.3 Å². The van der Waals surface area contributed by atoms with Crippen molar-refractivity contribution in [2.45, 2.75) is 39.7 Å². The van der Waals surface area contributed by atoms with Crippen molar-refractivity contribution in [2.24, 2.45) is 5.92 Å². The zero-order valence-corrected chi connectivity index (χ0v) is 16.9. The highest BCUT2D eigenvalue weighted by atomic mass is 32.1. The smallest absolute Gasteiger partial charge is 0.225 e. The molecule has 1 amide bonds. The predicted octanol–water partition coefficient (Wildman–Crippen LogP) is 4.33. The molecule has 1 aliphatic rings. The van der Waals surface area contributed by atoms with Gasteiger partial charge in [-0.25, -0.2) is 0 Å². The van der Waals surface area contributed by atoms with E-state index < -0.39 is 0 Å². The summed E-state index contributed by atoms with van der Waals surface area (Å²) in [5.74, 6) is 1.75. The van der Waals surface area contributed by atoms with Crippen LogP contribution in [0.25, 0.3) is 0 Å². The number of thiazole rings is 1. The third-order valence-corrected chi connectivity index (χ3v) is 5.70. The third-order valence-electron chi connectivity index (χ3n) is 4.36. The molecule has 0 radical (unpaired) electrons. The number of carbonyl (C=O) groups excluding carboxylic acids is 1. The maximum atomic E-state index is 12.6. The first-order chi connectivity index (χ1) is 12.4. The van der Waals surface area contributed by atoms with Crippen LogP contribution < -0.4 is 14.8 Å². The van der Waals surface area contributed by atoms with Crippen molar-refractivity contribution in [1.29, 1.82) is 0 Å². The molecule has 1 aromatic heterocycles. The molecule has 0 aliphatic carbocycles. The largest absolute Gasteiger partial charge is 0.490 e. The van der Waals surface area contributed by atoms with Crippen LogP contribution >= 0.6 is 23.6 Å². The summed E-state index contributed by atoms with van der Waals surface area (Å²) in [6, 6.07) is 5.83. The number of ether oxygens (including phenoxy) is 2. The fourth-order valence-corrected chi connectivity index (χ4v) is 4.27. The first-order valence-electron chi connectivity index (χ1n) is 8.81. The van der Waals surface area contributed by atoms with E-state index in [0.717, 1.165) is 34.1 Å². The Balaban J connectivity index is 1.76. The van der Waals surface area contributed by atoms with Gasteiger partial charge < -0.3 is 19.8 Å². The molecule has 3 rings (SSSR count). The molecule has 1 aromatic carbocycles. The Kier molecular flexibility index (Phi) is 5.98. The van der Waals surface area contributed by atoms with Crippen LogP contribution in [0, 0.1) is 16.8 Å². The van der Waals surface area contributed by atoms with E-state index >= 15 is 0 Å². The number of aryl methyl sites for hydroxylation is 1. The minimum atomic E-state index is -0.0909. The number of aromatic amines is 1. The quantitative estimate of drug-likeness (QED) is 0.744. The fraction of sp³-hybridized carbons (Fsp3) is 0.474. The molecule has 1 aliphatic heterocycles. The van der Waals surface area contributed by atoms with Crippen LogP contribution in [0.1, 0.15) is 42.4 Å². The summed E-state index contributed by atoms with van der Waals surface area (Å²) < 4.78 is 12.2. The first kappa shape index (κ1) is 18.9. The fourth-order valence-electron chi connectivity index (χ4n) is 2.98. The number of aromatic nitrogens is 1. The van der Waals surface area contributed by atoms with Gasteiger partial charge in [-0.3, -0.25) is 4.79 Å². The molecule has 5 nitrogen and oxygen atoms in total. The molecule has 1 atom stereocenters. The summed E-state index contributed by atoms with van der Waals surface area (Å²) in [6.45, 7) is 7.45. The second-order valence-electron chi connectivity index (χ2n) is 6.79. The second-order valence-corrected chi connectivity index (χ2v) is 8.56. The third kappa shape index (κ3) is 4.45. The Hall–Kier alpha value is -1.86. The number of fused-ring (bicyclic) bond motifs is 1. The van der Waals surface area contributed by atoms with Gasteiger partial charge in [0.25, 0.3) is 0 Å². The molecule has 26 heavy (non-hydrogen) atoms. The van der Waals surface area contributed by atoms with E-state index in [0.29, 0.717) is 23.6 Å². The standard InChI is InChI=1S/C19H24N2O3S2/c1-11(2)18(21-17(22)10-16-12(3)20-19(25)26-16)13-5-6-14-15(9-13)24-8-4-7-23-14/h5-6,9,11,18H,4,7-8,10H2,1-3H3,(H,20,25)(H,21,22). The van der Waals surface area contributed by atoms with Gasteiger partial charge in [0.1, 0.15) is 0 Å². The van der Waals surface area contributed by atoms with Gasteiger partial charge >= 0.3 is 0 Å². The molecular formula is C19H24N2O3S2. The van der Waals surface area contributed by atoms with Crippen LogP contribution in [0.5, 0.6) is 11.5 Å². The van der Waals surface area contributed by atoms with Gasteiger partial charge in [-0.05, 0) is 42.8 Å². The molecule has 0 spiro atoms. The minimum absolute atomic E-state index is 0.0100. The minimum Gasteiger partial charge on any atom is -0.490 e. The summed E-state index contributed by atoms with van der Waals surface area (Å²) in [5, 5.41) is 3.16. The highest BCUT2D eigenvalue weighted by molar-refractivity contribution is 7.73. The van der Waals surface area contributed by atoms with E-state index in [2.05, 4.69) is 24.1 Å². The molecule has 140 valence electrons. The zero-order valence-electron chi connectivity index (χ0n) is 15.3. The molecular weight excluding hydrogens is 368 g/mol. The summed E-state index contributed by atoms with van der Waals surface area (Å²) in [4.78, 5) is 16.7. The Morgan fingerprint density at radius 2 is 2.04 bits per heavy atom. The van der Waals surface area contributed by atoms with Crippen LogP contribution in [0.3, 0.4) is 0 Å². The van der Waals surface area contributed by atoms with E-state index in [9.17, 15) is 4.79 Å². The Bertz CT molecular complexity index is 842. The second kappa shape index (κ2) is 8.22. The van der Waals surface area contributed by atoms with E-state index in [1.54, 1.807) is 0 Å². The van der Waals surface area contributed by atoms with Crippen molar-refractivity contribution >= 4 is 29.5 Å². The highest BCUT2D eigenvalue weighted by Crippen LogP contribution is 2.34. The number of rotatable bonds is 5. The SMILES string of the molecule is Cc1[nH]c(=S)sc1CC(=O)NC(c1ccc2c(c1)OCCCO2)C(C)C. The lowest BCUT2D eigenvalue weighted by molar-refractivity contribution is -0.121. The van der Waals surface area contributed by atoms with Gasteiger partial charge in [-0.2, -0.15) is 0 Å². The van der Waals surface area contributed by atoms with Gasteiger partial charge in [-0.1, -0.05) is 19.9 Å². The maximum Gasteiger partial charge on any atom is 0.225 e. The number of amides is 1. The Morgan fingerprint density at radius 3 is 2.69 bits per heavy atom. The molecule has 2 heterocycles.